The summed E-state index contributed by atoms with van der Waals surface area (Å²) >= 11 is 0. The second-order valence-electron chi connectivity index (χ2n) is 4.02. The minimum absolute atomic E-state index is 0.533. The molecule has 2 aliphatic heterocycles. The quantitative estimate of drug-likeness (QED) is 0.386. The topological polar surface area (TPSA) is 136 Å². The second kappa shape index (κ2) is 4.61. The molecule has 0 bridgehead atoms. The molecule has 2 heterocycles. The number of nitrogens with zero attached hydrogens (tertiary/aromatic N) is 1. The predicted molar refractivity (Wildman–Crippen MR) is 52.8 cm³/mol. The number of urea groups is 1. The van der Waals surface area contributed by atoms with Gasteiger partial charge in [0.1, 0.15) is 24.7 Å². The number of ether oxygens (including phenoxy) is 1. The molecule has 9 heteroatoms. The maximum absolute atomic E-state index is 11.6. The fraction of sp³-hybridized carbons (Fsp3) is 0.667. The van der Waals surface area contributed by atoms with Gasteiger partial charge in [-0.05, 0) is 0 Å². The molecule has 0 saturated carbocycles. The van der Waals surface area contributed by atoms with Crippen LogP contribution >= 0.6 is 0 Å². The standard InChI is InChI=1S/C9H12N2O7/c12-2-3-6(15)7(16)8(18-3)11-5(14)1-4(13)10-9(11)17/h3,6-8,12,15-16H,1-2H2,(H,10,13,17)/t3-,6+,7+,8+/m0/s1. The Morgan fingerprint density at radius 3 is 2.44 bits per heavy atom. The van der Waals surface area contributed by atoms with Crippen molar-refractivity contribution in [2.24, 2.45) is 0 Å². The minimum atomic E-state index is -1.54. The highest BCUT2D eigenvalue weighted by molar-refractivity contribution is 6.14. The van der Waals surface area contributed by atoms with Crippen LogP contribution in [-0.2, 0) is 14.3 Å². The van der Waals surface area contributed by atoms with Gasteiger partial charge in [0.15, 0.2) is 6.23 Å². The van der Waals surface area contributed by atoms with Crippen LogP contribution in [0.2, 0.25) is 0 Å². The van der Waals surface area contributed by atoms with E-state index in [1.165, 1.54) is 0 Å². The van der Waals surface area contributed by atoms with Gasteiger partial charge >= 0.3 is 6.03 Å². The summed E-state index contributed by atoms with van der Waals surface area (Å²) in [7, 11) is 0. The maximum Gasteiger partial charge on any atom is 0.333 e. The molecular formula is C9H12N2O7. The number of aliphatic hydroxyl groups excluding tert-OH is 3. The fourth-order valence-electron chi connectivity index (χ4n) is 1.91. The van der Waals surface area contributed by atoms with Crippen LogP contribution in [0.4, 0.5) is 4.79 Å². The predicted octanol–water partition coefficient (Wildman–Crippen LogP) is -3.11. The number of carbonyl (C=O) groups excluding carboxylic acids is 3. The van der Waals surface area contributed by atoms with Crippen molar-refractivity contribution >= 4 is 17.8 Å². The third-order valence-electron chi connectivity index (χ3n) is 2.82. The molecule has 2 aliphatic rings. The largest absolute Gasteiger partial charge is 0.394 e. The molecule has 0 spiro atoms. The summed E-state index contributed by atoms with van der Waals surface area (Å²) in [6.45, 7) is -0.572. The number of imide groups is 2. The lowest BCUT2D eigenvalue weighted by Crippen LogP contribution is -2.59. The molecule has 0 aromatic carbocycles. The highest BCUT2D eigenvalue weighted by atomic mass is 16.6. The van der Waals surface area contributed by atoms with Gasteiger partial charge in [0.2, 0.25) is 11.8 Å². The highest BCUT2D eigenvalue weighted by Gasteiger charge is 2.50. The van der Waals surface area contributed by atoms with Gasteiger partial charge in [-0.1, -0.05) is 0 Å². The number of carbonyl (C=O) groups is 3. The molecular weight excluding hydrogens is 248 g/mol. The van der Waals surface area contributed by atoms with Gasteiger partial charge in [0, 0.05) is 0 Å². The van der Waals surface area contributed by atoms with Crippen molar-refractivity contribution in [2.75, 3.05) is 6.61 Å². The fourth-order valence-corrected chi connectivity index (χ4v) is 1.91. The molecule has 4 amide bonds. The smallest absolute Gasteiger partial charge is 0.333 e. The van der Waals surface area contributed by atoms with Crippen molar-refractivity contribution in [3.63, 3.8) is 0 Å². The molecule has 0 unspecified atom stereocenters. The molecule has 100 valence electrons. The van der Waals surface area contributed by atoms with E-state index in [2.05, 4.69) is 0 Å². The molecule has 0 aliphatic carbocycles. The summed E-state index contributed by atoms with van der Waals surface area (Å²) < 4.78 is 5.03. The molecule has 2 saturated heterocycles. The van der Waals surface area contributed by atoms with Gasteiger partial charge in [-0.3, -0.25) is 14.9 Å². The molecule has 0 radical (unpaired) electrons. The third kappa shape index (κ3) is 1.97. The average molecular weight is 260 g/mol. The summed E-state index contributed by atoms with van der Waals surface area (Å²) in [6.07, 6.45) is -6.01. The normalized spacial score (nSPS) is 37.1. The van der Waals surface area contributed by atoms with Crippen LogP contribution in [0, 0.1) is 0 Å². The SMILES string of the molecule is O=C1CC(=O)N([C@@H]2O[C@@H](CO)[C@@H](O)[C@H]2O)C(=O)N1. The highest BCUT2D eigenvalue weighted by Crippen LogP contribution is 2.25. The number of barbiturate groups is 1. The van der Waals surface area contributed by atoms with E-state index in [9.17, 15) is 24.6 Å². The van der Waals surface area contributed by atoms with Crippen LogP contribution in [0.1, 0.15) is 6.42 Å². The molecule has 18 heavy (non-hydrogen) atoms. The summed E-state index contributed by atoms with van der Waals surface area (Å²) in [4.78, 5) is 34.5. The number of hydrogen-bond acceptors (Lipinski definition) is 7. The average Bonchev–Trinajstić information content (AvgIpc) is 2.56. The van der Waals surface area contributed by atoms with Gasteiger partial charge in [0.25, 0.3) is 0 Å². The van der Waals surface area contributed by atoms with Gasteiger partial charge in [0.05, 0.1) is 6.61 Å². The lowest BCUT2D eigenvalue weighted by Gasteiger charge is -2.30. The van der Waals surface area contributed by atoms with Crippen molar-refractivity contribution < 1.29 is 34.4 Å². The first-order chi connectivity index (χ1) is 8.45. The summed E-state index contributed by atoms with van der Waals surface area (Å²) in [5.74, 6) is -1.58. The Morgan fingerprint density at radius 1 is 1.28 bits per heavy atom. The number of aliphatic hydroxyl groups is 3. The maximum atomic E-state index is 11.6. The molecule has 4 N–H and O–H groups in total. The van der Waals surface area contributed by atoms with E-state index in [-0.39, 0.29) is 0 Å². The number of rotatable bonds is 2. The third-order valence-corrected chi connectivity index (χ3v) is 2.82. The number of nitrogens with one attached hydrogen (secondary N) is 1. The zero-order valence-electron chi connectivity index (χ0n) is 9.15. The van der Waals surface area contributed by atoms with Crippen molar-refractivity contribution in [2.45, 2.75) is 31.0 Å². The summed E-state index contributed by atoms with van der Waals surface area (Å²) in [6, 6.07) is -1.02. The summed E-state index contributed by atoms with van der Waals surface area (Å²) in [5.41, 5.74) is 0. The lowest BCUT2D eigenvalue weighted by atomic mass is 10.1. The van der Waals surface area contributed by atoms with Crippen LogP contribution in [-0.4, -0.2) is 69.2 Å². The van der Waals surface area contributed by atoms with Crippen molar-refractivity contribution in [3.05, 3.63) is 0 Å². The second-order valence-corrected chi connectivity index (χ2v) is 4.02. The Hall–Kier alpha value is -1.55. The van der Waals surface area contributed by atoms with E-state index in [4.69, 9.17) is 9.84 Å². The van der Waals surface area contributed by atoms with Crippen LogP contribution in [0.25, 0.3) is 0 Å². The Balaban J connectivity index is 2.19. The van der Waals surface area contributed by atoms with E-state index in [1.807, 2.05) is 5.32 Å². The number of hydrogen-bond donors (Lipinski definition) is 4. The Labute approximate surface area is 101 Å². The van der Waals surface area contributed by atoms with E-state index in [1.54, 1.807) is 0 Å². The molecule has 0 aromatic rings. The van der Waals surface area contributed by atoms with E-state index < -0.39 is 55.4 Å². The number of amides is 4. The van der Waals surface area contributed by atoms with Gasteiger partial charge in [-0.25, -0.2) is 9.69 Å². The van der Waals surface area contributed by atoms with Crippen molar-refractivity contribution in [1.29, 1.82) is 0 Å². The first kappa shape index (κ1) is 12.9. The minimum Gasteiger partial charge on any atom is -0.394 e. The Kier molecular flexibility index (Phi) is 3.30. The van der Waals surface area contributed by atoms with Gasteiger partial charge in [-0.15, -0.1) is 0 Å². The monoisotopic (exact) mass is 260 g/mol. The van der Waals surface area contributed by atoms with E-state index in [0.29, 0.717) is 4.90 Å². The van der Waals surface area contributed by atoms with E-state index >= 15 is 0 Å². The molecule has 4 atom stereocenters. The zero-order chi connectivity index (χ0) is 13.4. The van der Waals surface area contributed by atoms with Gasteiger partial charge in [-0.2, -0.15) is 0 Å². The van der Waals surface area contributed by atoms with Crippen LogP contribution < -0.4 is 5.32 Å². The zero-order valence-corrected chi connectivity index (χ0v) is 9.15. The van der Waals surface area contributed by atoms with Crippen molar-refractivity contribution in [1.82, 2.24) is 10.2 Å². The van der Waals surface area contributed by atoms with Crippen LogP contribution in [0.3, 0.4) is 0 Å². The van der Waals surface area contributed by atoms with Crippen LogP contribution in [0.5, 0.6) is 0 Å². The summed E-state index contributed by atoms with van der Waals surface area (Å²) in [5, 5.41) is 30.0. The molecule has 2 rings (SSSR count). The van der Waals surface area contributed by atoms with Gasteiger partial charge < -0.3 is 20.1 Å². The lowest BCUT2D eigenvalue weighted by molar-refractivity contribution is -0.150. The first-order valence-corrected chi connectivity index (χ1v) is 5.24. The Bertz CT molecular complexity index is 378. The molecule has 2 fully saturated rings. The Morgan fingerprint density at radius 2 is 1.94 bits per heavy atom. The van der Waals surface area contributed by atoms with Crippen LogP contribution in [0.15, 0.2) is 0 Å². The molecule has 0 aromatic heterocycles. The van der Waals surface area contributed by atoms with Crippen molar-refractivity contribution in [3.8, 4) is 0 Å². The van der Waals surface area contributed by atoms with E-state index in [0.717, 1.165) is 0 Å². The molecule has 9 nitrogen and oxygen atoms in total. The first-order valence-electron chi connectivity index (χ1n) is 5.24.